The van der Waals surface area contributed by atoms with Crippen molar-refractivity contribution in [3.8, 4) is 0 Å². The van der Waals surface area contributed by atoms with Crippen LogP contribution in [0.1, 0.15) is 33.1 Å². The zero-order valence-corrected chi connectivity index (χ0v) is 10.3. The smallest absolute Gasteiger partial charge is 0.0172 e. The summed E-state index contributed by atoms with van der Waals surface area (Å²) >= 11 is 2.02. The van der Waals surface area contributed by atoms with Gasteiger partial charge in [-0.3, -0.25) is 0 Å². The fourth-order valence-electron chi connectivity index (χ4n) is 1.16. The van der Waals surface area contributed by atoms with Crippen LogP contribution in [-0.2, 0) is 0 Å². The Hall–Kier alpha value is 0.0500. The molecule has 0 aliphatic heterocycles. The van der Waals surface area contributed by atoms with Crippen molar-refractivity contribution in [2.75, 3.05) is 18.1 Å². The van der Waals surface area contributed by atoms with Crippen LogP contribution in [0.5, 0.6) is 0 Å². The van der Waals surface area contributed by atoms with Gasteiger partial charge in [0.05, 0.1) is 0 Å². The van der Waals surface area contributed by atoms with Gasteiger partial charge in [0.2, 0.25) is 0 Å². The average Bonchev–Trinajstić information content (AvgIpc) is 2.92. The third-order valence-electron chi connectivity index (χ3n) is 2.36. The van der Waals surface area contributed by atoms with E-state index in [1.54, 1.807) is 0 Å². The van der Waals surface area contributed by atoms with Gasteiger partial charge >= 0.3 is 0 Å². The molecule has 1 aliphatic rings. The van der Waals surface area contributed by atoms with Crippen LogP contribution < -0.4 is 5.32 Å². The maximum atomic E-state index is 4.09. The van der Waals surface area contributed by atoms with E-state index in [1.165, 1.54) is 30.6 Å². The highest BCUT2D eigenvalue weighted by Crippen LogP contribution is 2.19. The fraction of sp³-hybridized carbons (Fsp3) is 0.833. The van der Waals surface area contributed by atoms with Crippen LogP contribution in [0.3, 0.4) is 0 Å². The minimum atomic E-state index is 0.812. The molecule has 1 fully saturated rings. The Labute approximate surface area is 92.7 Å². The van der Waals surface area contributed by atoms with Crippen molar-refractivity contribution in [1.29, 1.82) is 0 Å². The van der Waals surface area contributed by atoms with Crippen molar-refractivity contribution in [1.82, 2.24) is 5.32 Å². The summed E-state index contributed by atoms with van der Waals surface area (Å²) in [4.78, 5) is 0. The van der Waals surface area contributed by atoms with Gasteiger partial charge in [-0.1, -0.05) is 26.0 Å². The first kappa shape index (κ1) is 12.1. The maximum Gasteiger partial charge on any atom is 0.0172 e. The Morgan fingerprint density at radius 1 is 1.50 bits per heavy atom. The quantitative estimate of drug-likeness (QED) is 0.491. The lowest BCUT2D eigenvalue weighted by Crippen LogP contribution is -2.19. The Morgan fingerprint density at radius 2 is 2.21 bits per heavy atom. The van der Waals surface area contributed by atoms with Crippen molar-refractivity contribution < 1.29 is 0 Å². The molecule has 0 unspecified atom stereocenters. The van der Waals surface area contributed by atoms with Crippen LogP contribution in [0.4, 0.5) is 0 Å². The molecule has 1 N–H and O–H groups in total. The third-order valence-corrected chi connectivity index (χ3v) is 3.50. The first-order valence-corrected chi connectivity index (χ1v) is 6.81. The van der Waals surface area contributed by atoms with Crippen LogP contribution in [0.25, 0.3) is 0 Å². The second kappa shape index (κ2) is 6.52. The van der Waals surface area contributed by atoms with E-state index in [0.29, 0.717) is 0 Å². The molecular weight excluding hydrogens is 190 g/mol. The SMILES string of the molecule is C=C(CNC1CC1)CSCCC(C)C. The fourth-order valence-corrected chi connectivity index (χ4v) is 2.34. The number of hydrogen-bond donors (Lipinski definition) is 1. The third kappa shape index (κ3) is 6.50. The van der Waals surface area contributed by atoms with Crippen molar-refractivity contribution in [2.45, 2.75) is 39.2 Å². The molecule has 1 rings (SSSR count). The van der Waals surface area contributed by atoms with E-state index in [0.717, 1.165) is 24.3 Å². The second-order valence-electron chi connectivity index (χ2n) is 4.64. The summed E-state index contributed by atoms with van der Waals surface area (Å²) < 4.78 is 0. The summed E-state index contributed by atoms with van der Waals surface area (Å²) in [6, 6.07) is 0.812. The summed E-state index contributed by atoms with van der Waals surface area (Å²) in [5, 5.41) is 3.49. The highest BCUT2D eigenvalue weighted by atomic mass is 32.2. The van der Waals surface area contributed by atoms with Crippen LogP contribution >= 0.6 is 11.8 Å². The zero-order valence-electron chi connectivity index (χ0n) is 9.51. The normalized spacial score (nSPS) is 16.2. The number of rotatable bonds is 8. The molecule has 0 spiro atoms. The first-order chi connectivity index (χ1) is 6.68. The van der Waals surface area contributed by atoms with Gasteiger partial charge in [-0.2, -0.15) is 11.8 Å². The van der Waals surface area contributed by atoms with E-state index in [-0.39, 0.29) is 0 Å². The van der Waals surface area contributed by atoms with Crippen LogP contribution in [0.2, 0.25) is 0 Å². The zero-order chi connectivity index (χ0) is 10.4. The maximum absolute atomic E-state index is 4.09. The largest absolute Gasteiger partial charge is 0.310 e. The molecule has 1 saturated carbocycles. The van der Waals surface area contributed by atoms with E-state index < -0.39 is 0 Å². The van der Waals surface area contributed by atoms with E-state index in [4.69, 9.17) is 0 Å². The number of thioether (sulfide) groups is 1. The highest BCUT2D eigenvalue weighted by molar-refractivity contribution is 7.99. The minimum Gasteiger partial charge on any atom is -0.310 e. The number of nitrogens with one attached hydrogen (secondary N) is 1. The molecule has 0 heterocycles. The Kier molecular flexibility index (Phi) is 5.64. The lowest BCUT2D eigenvalue weighted by molar-refractivity contribution is 0.632. The van der Waals surface area contributed by atoms with Crippen LogP contribution in [0.15, 0.2) is 12.2 Å². The molecule has 82 valence electrons. The van der Waals surface area contributed by atoms with Gasteiger partial charge in [0.1, 0.15) is 0 Å². The van der Waals surface area contributed by atoms with Crippen LogP contribution in [0, 0.1) is 5.92 Å². The van der Waals surface area contributed by atoms with Gasteiger partial charge in [-0.05, 0) is 30.9 Å². The summed E-state index contributed by atoms with van der Waals surface area (Å²) in [7, 11) is 0. The van der Waals surface area contributed by atoms with Gasteiger partial charge in [-0.15, -0.1) is 0 Å². The molecule has 0 saturated heterocycles. The average molecular weight is 213 g/mol. The standard InChI is InChI=1S/C12H23NS/c1-10(2)6-7-14-9-11(3)8-13-12-4-5-12/h10,12-13H,3-9H2,1-2H3. The summed E-state index contributed by atoms with van der Waals surface area (Å²) in [5.74, 6) is 3.24. The molecule has 0 aromatic rings. The van der Waals surface area contributed by atoms with E-state index in [2.05, 4.69) is 25.7 Å². The Balaban J connectivity index is 1.86. The van der Waals surface area contributed by atoms with Gasteiger partial charge in [-0.25, -0.2) is 0 Å². The first-order valence-electron chi connectivity index (χ1n) is 5.66. The molecule has 0 radical (unpaired) electrons. The van der Waals surface area contributed by atoms with Gasteiger partial charge in [0.15, 0.2) is 0 Å². The van der Waals surface area contributed by atoms with Crippen LogP contribution in [-0.4, -0.2) is 24.1 Å². The highest BCUT2D eigenvalue weighted by Gasteiger charge is 2.19. The van der Waals surface area contributed by atoms with Crippen molar-refractivity contribution in [3.63, 3.8) is 0 Å². The number of hydrogen-bond acceptors (Lipinski definition) is 2. The Morgan fingerprint density at radius 3 is 2.79 bits per heavy atom. The monoisotopic (exact) mass is 213 g/mol. The molecule has 2 heteroatoms. The van der Waals surface area contributed by atoms with Crippen molar-refractivity contribution >= 4 is 11.8 Å². The van der Waals surface area contributed by atoms with E-state index >= 15 is 0 Å². The predicted octanol–water partition coefficient (Wildman–Crippen LogP) is 3.07. The molecule has 0 bridgehead atoms. The minimum absolute atomic E-state index is 0.812. The predicted molar refractivity (Wildman–Crippen MR) is 66.9 cm³/mol. The van der Waals surface area contributed by atoms with Gasteiger partial charge < -0.3 is 5.32 Å². The molecular formula is C12H23NS. The Bertz CT molecular complexity index is 173. The van der Waals surface area contributed by atoms with Crippen molar-refractivity contribution in [2.24, 2.45) is 5.92 Å². The molecule has 0 amide bonds. The topological polar surface area (TPSA) is 12.0 Å². The second-order valence-corrected chi connectivity index (χ2v) is 5.75. The lowest BCUT2D eigenvalue weighted by Gasteiger charge is -2.07. The molecule has 0 atom stereocenters. The summed E-state index contributed by atoms with van der Waals surface area (Å²) in [6.45, 7) is 9.68. The molecule has 0 aromatic heterocycles. The van der Waals surface area contributed by atoms with Gasteiger partial charge in [0.25, 0.3) is 0 Å². The summed E-state index contributed by atoms with van der Waals surface area (Å²) in [5.41, 5.74) is 1.35. The van der Waals surface area contributed by atoms with Gasteiger partial charge in [0, 0.05) is 18.3 Å². The molecule has 14 heavy (non-hydrogen) atoms. The molecule has 0 aromatic carbocycles. The van der Waals surface area contributed by atoms with E-state index in [9.17, 15) is 0 Å². The van der Waals surface area contributed by atoms with E-state index in [1.807, 2.05) is 11.8 Å². The lowest BCUT2D eigenvalue weighted by atomic mass is 10.2. The van der Waals surface area contributed by atoms with Crippen molar-refractivity contribution in [3.05, 3.63) is 12.2 Å². The molecule has 1 aliphatic carbocycles. The summed E-state index contributed by atoms with van der Waals surface area (Å²) in [6.07, 6.45) is 4.07. The molecule has 1 nitrogen and oxygen atoms in total.